The Bertz CT molecular complexity index is 532. The topological polar surface area (TPSA) is 75.4 Å². The van der Waals surface area contributed by atoms with Gasteiger partial charge < -0.3 is 16.0 Å². The van der Waals surface area contributed by atoms with E-state index in [2.05, 4.69) is 5.32 Å². The quantitative estimate of drug-likeness (QED) is 0.881. The molecule has 2 aliphatic rings. The van der Waals surface area contributed by atoms with Crippen molar-refractivity contribution in [2.75, 3.05) is 18.4 Å². The Morgan fingerprint density at radius 3 is 2.33 bits per heavy atom. The zero-order valence-corrected chi connectivity index (χ0v) is 12.0. The monoisotopic (exact) mass is 287 g/mol. The number of benzene rings is 1. The highest BCUT2D eigenvalue weighted by molar-refractivity contribution is 5.93. The Hall–Kier alpha value is -1.88. The molecule has 21 heavy (non-hydrogen) atoms. The molecule has 0 bridgehead atoms. The minimum Gasteiger partial charge on any atom is -0.341 e. The summed E-state index contributed by atoms with van der Waals surface area (Å²) in [4.78, 5) is 26.2. The normalized spacial score (nSPS) is 20.9. The second kappa shape index (κ2) is 5.48. The van der Waals surface area contributed by atoms with Gasteiger partial charge in [0.1, 0.15) is 0 Å². The van der Waals surface area contributed by atoms with Gasteiger partial charge in [0.05, 0.1) is 5.54 Å². The summed E-state index contributed by atoms with van der Waals surface area (Å²) in [6, 6.07) is 9.46. The number of amides is 2. The molecule has 0 spiro atoms. The lowest BCUT2D eigenvalue weighted by molar-refractivity contribution is -0.136. The number of para-hydroxylation sites is 1. The van der Waals surface area contributed by atoms with E-state index < -0.39 is 5.54 Å². The number of piperidine rings is 1. The van der Waals surface area contributed by atoms with Crippen LogP contribution in [0.15, 0.2) is 30.3 Å². The van der Waals surface area contributed by atoms with Gasteiger partial charge in [0.25, 0.3) is 0 Å². The fourth-order valence-electron chi connectivity index (χ4n) is 2.77. The Labute approximate surface area is 124 Å². The predicted molar refractivity (Wildman–Crippen MR) is 80.5 cm³/mol. The van der Waals surface area contributed by atoms with E-state index in [1.54, 1.807) is 0 Å². The third-order valence-electron chi connectivity index (χ3n) is 4.41. The van der Waals surface area contributed by atoms with Crippen molar-refractivity contribution in [3.05, 3.63) is 30.3 Å². The second-order valence-corrected chi connectivity index (χ2v) is 6.08. The van der Waals surface area contributed by atoms with Crippen molar-refractivity contribution in [3.63, 3.8) is 0 Å². The van der Waals surface area contributed by atoms with Crippen LogP contribution in [-0.4, -0.2) is 35.3 Å². The van der Waals surface area contributed by atoms with Crippen molar-refractivity contribution in [1.82, 2.24) is 4.90 Å². The summed E-state index contributed by atoms with van der Waals surface area (Å²) >= 11 is 0. The minimum atomic E-state index is -0.598. The highest BCUT2D eigenvalue weighted by Gasteiger charge is 2.48. The average Bonchev–Trinajstić information content (AvgIpc) is 3.27. The van der Waals surface area contributed by atoms with E-state index in [0.717, 1.165) is 18.5 Å². The van der Waals surface area contributed by atoms with Crippen LogP contribution < -0.4 is 11.1 Å². The largest absolute Gasteiger partial charge is 0.341 e. The van der Waals surface area contributed by atoms with Crippen molar-refractivity contribution >= 4 is 17.5 Å². The fraction of sp³-hybridized carbons (Fsp3) is 0.500. The lowest BCUT2D eigenvalue weighted by atomic mass is 9.95. The molecular formula is C16H21N3O2. The van der Waals surface area contributed by atoms with Gasteiger partial charge in [0.15, 0.2) is 0 Å². The van der Waals surface area contributed by atoms with Crippen LogP contribution in [0.2, 0.25) is 0 Å². The number of hydrogen-bond donors (Lipinski definition) is 2. The molecule has 0 radical (unpaired) electrons. The second-order valence-electron chi connectivity index (χ2n) is 6.08. The molecule has 5 heteroatoms. The average molecular weight is 287 g/mol. The number of carbonyl (C=O) groups excluding carboxylic acids is 2. The molecule has 1 saturated carbocycles. The van der Waals surface area contributed by atoms with Gasteiger partial charge in [-0.25, -0.2) is 0 Å². The molecular weight excluding hydrogens is 266 g/mol. The van der Waals surface area contributed by atoms with Gasteiger partial charge in [-0.05, 0) is 37.8 Å². The van der Waals surface area contributed by atoms with Crippen LogP contribution in [0.1, 0.15) is 25.7 Å². The van der Waals surface area contributed by atoms with Crippen molar-refractivity contribution < 1.29 is 9.59 Å². The third kappa shape index (κ3) is 3.08. The Balaban J connectivity index is 1.51. The molecule has 0 atom stereocenters. The number of hydrogen-bond acceptors (Lipinski definition) is 3. The van der Waals surface area contributed by atoms with Crippen LogP contribution in [0.25, 0.3) is 0 Å². The highest BCUT2D eigenvalue weighted by Crippen LogP contribution is 2.35. The summed E-state index contributed by atoms with van der Waals surface area (Å²) in [6.45, 7) is 1.26. The van der Waals surface area contributed by atoms with Gasteiger partial charge in [-0.3, -0.25) is 9.59 Å². The third-order valence-corrected chi connectivity index (χ3v) is 4.41. The van der Waals surface area contributed by atoms with Gasteiger partial charge in [-0.1, -0.05) is 18.2 Å². The van der Waals surface area contributed by atoms with E-state index in [1.807, 2.05) is 35.2 Å². The number of rotatable bonds is 3. The molecule has 1 heterocycles. The van der Waals surface area contributed by atoms with Crippen LogP contribution in [-0.2, 0) is 9.59 Å². The molecule has 0 unspecified atom stereocenters. The first kappa shape index (κ1) is 14.1. The fourth-order valence-corrected chi connectivity index (χ4v) is 2.77. The Morgan fingerprint density at radius 2 is 1.76 bits per heavy atom. The van der Waals surface area contributed by atoms with E-state index >= 15 is 0 Å². The summed E-state index contributed by atoms with van der Waals surface area (Å²) in [5.41, 5.74) is 6.17. The van der Waals surface area contributed by atoms with Crippen LogP contribution >= 0.6 is 0 Å². The van der Waals surface area contributed by atoms with E-state index in [-0.39, 0.29) is 17.7 Å². The maximum Gasteiger partial charge on any atom is 0.242 e. The summed E-state index contributed by atoms with van der Waals surface area (Å²) < 4.78 is 0. The van der Waals surface area contributed by atoms with Crippen LogP contribution in [0.5, 0.6) is 0 Å². The van der Waals surface area contributed by atoms with Crippen LogP contribution in [0, 0.1) is 5.92 Å². The number of likely N-dealkylation sites (tertiary alicyclic amines) is 1. The first-order chi connectivity index (χ1) is 10.1. The molecule has 1 aromatic carbocycles. The van der Waals surface area contributed by atoms with Gasteiger partial charge in [-0.2, -0.15) is 0 Å². The molecule has 1 aromatic rings. The number of nitrogens with zero attached hydrogens (tertiary/aromatic N) is 1. The smallest absolute Gasteiger partial charge is 0.242 e. The Morgan fingerprint density at radius 1 is 1.14 bits per heavy atom. The molecule has 5 nitrogen and oxygen atoms in total. The maximum atomic E-state index is 12.2. The van der Waals surface area contributed by atoms with Crippen molar-refractivity contribution in [2.24, 2.45) is 11.7 Å². The molecule has 2 fully saturated rings. The molecule has 0 aromatic heterocycles. The molecule has 3 rings (SSSR count). The zero-order valence-electron chi connectivity index (χ0n) is 12.0. The van der Waals surface area contributed by atoms with E-state index in [0.29, 0.717) is 25.9 Å². The number of nitrogens with two attached hydrogens (primary N) is 1. The van der Waals surface area contributed by atoms with Crippen molar-refractivity contribution in [1.29, 1.82) is 0 Å². The van der Waals surface area contributed by atoms with Gasteiger partial charge in [-0.15, -0.1) is 0 Å². The number of nitrogens with one attached hydrogen (secondary N) is 1. The summed E-state index contributed by atoms with van der Waals surface area (Å²) in [5, 5.41) is 2.93. The lowest BCUT2D eigenvalue weighted by Crippen LogP contribution is -2.49. The minimum absolute atomic E-state index is 0.0258. The highest BCUT2D eigenvalue weighted by atomic mass is 16.2. The summed E-state index contributed by atoms with van der Waals surface area (Å²) in [7, 11) is 0. The lowest BCUT2D eigenvalue weighted by Gasteiger charge is -2.33. The van der Waals surface area contributed by atoms with Gasteiger partial charge in [0, 0.05) is 24.7 Å². The SMILES string of the molecule is NC1(C(=O)N2CCC(C(=O)Nc3ccccc3)CC2)CC1. The molecule has 3 N–H and O–H groups in total. The van der Waals surface area contributed by atoms with Crippen LogP contribution in [0.4, 0.5) is 5.69 Å². The van der Waals surface area contributed by atoms with Gasteiger partial charge in [0.2, 0.25) is 11.8 Å². The molecule has 2 amide bonds. The van der Waals surface area contributed by atoms with Gasteiger partial charge >= 0.3 is 0 Å². The first-order valence-electron chi connectivity index (χ1n) is 7.53. The molecule has 112 valence electrons. The standard InChI is InChI=1S/C16H21N3O2/c17-16(8-9-16)15(21)19-10-6-12(7-11-19)14(20)18-13-4-2-1-3-5-13/h1-5,12H,6-11,17H2,(H,18,20). The van der Waals surface area contributed by atoms with E-state index in [4.69, 9.17) is 5.73 Å². The van der Waals surface area contributed by atoms with Crippen molar-refractivity contribution in [3.8, 4) is 0 Å². The number of carbonyl (C=O) groups is 2. The summed E-state index contributed by atoms with van der Waals surface area (Å²) in [6.07, 6.45) is 3.00. The Kier molecular flexibility index (Phi) is 3.68. The van der Waals surface area contributed by atoms with Crippen molar-refractivity contribution in [2.45, 2.75) is 31.2 Å². The number of anilines is 1. The molecule has 1 aliphatic carbocycles. The van der Waals surface area contributed by atoms with E-state index in [9.17, 15) is 9.59 Å². The molecule has 1 aliphatic heterocycles. The first-order valence-corrected chi connectivity index (χ1v) is 7.53. The molecule has 1 saturated heterocycles. The summed E-state index contributed by atoms with van der Waals surface area (Å²) in [5.74, 6) is 0.0776. The predicted octanol–water partition coefficient (Wildman–Crippen LogP) is 1.35. The zero-order chi connectivity index (χ0) is 14.9. The maximum absolute atomic E-state index is 12.2. The van der Waals surface area contributed by atoms with Crippen LogP contribution in [0.3, 0.4) is 0 Å². The van der Waals surface area contributed by atoms with E-state index in [1.165, 1.54) is 0 Å².